The Balaban J connectivity index is 1.97. The van der Waals surface area contributed by atoms with Crippen molar-refractivity contribution in [2.75, 3.05) is 6.54 Å². The van der Waals surface area contributed by atoms with Crippen LogP contribution in [0.4, 0.5) is 0 Å². The molecular weight excluding hydrogens is 368 g/mol. The predicted octanol–water partition coefficient (Wildman–Crippen LogP) is 3.81. The van der Waals surface area contributed by atoms with Gasteiger partial charge in [0.1, 0.15) is 10.9 Å². The van der Waals surface area contributed by atoms with E-state index in [0.717, 1.165) is 16.5 Å². The van der Waals surface area contributed by atoms with Crippen molar-refractivity contribution < 1.29 is 14.3 Å². The zero-order valence-corrected chi connectivity index (χ0v) is 16.5. The number of hydrogen-bond donors (Lipinski definition) is 0. The lowest BCUT2D eigenvalue weighted by atomic mass is 10.1. The highest BCUT2D eigenvalue weighted by atomic mass is 32.2. The fourth-order valence-electron chi connectivity index (χ4n) is 2.87. The number of nitrogens with zero attached hydrogens (tertiary/aromatic N) is 2. The molecule has 1 aliphatic heterocycles. The average Bonchev–Trinajstić information content (AvgIpc) is 3.05. The number of thioether (sulfide) groups is 1. The summed E-state index contributed by atoms with van der Waals surface area (Å²) >= 11 is 6.58. The van der Waals surface area contributed by atoms with E-state index >= 15 is 0 Å². The van der Waals surface area contributed by atoms with Crippen molar-refractivity contribution in [3.05, 3.63) is 40.9 Å². The van der Waals surface area contributed by atoms with E-state index in [0.29, 0.717) is 15.8 Å². The third kappa shape index (κ3) is 3.68. The number of hydrogen-bond acceptors (Lipinski definition) is 5. The quantitative estimate of drug-likeness (QED) is 0.443. The molecule has 0 radical (unpaired) electrons. The molecule has 26 heavy (non-hydrogen) atoms. The van der Waals surface area contributed by atoms with Gasteiger partial charge in [-0.25, -0.2) is 0 Å². The van der Waals surface area contributed by atoms with Crippen molar-refractivity contribution in [2.45, 2.75) is 33.4 Å². The molecule has 2 heterocycles. The van der Waals surface area contributed by atoms with Gasteiger partial charge in [-0.1, -0.05) is 42.2 Å². The van der Waals surface area contributed by atoms with E-state index < -0.39 is 0 Å². The third-order valence-electron chi connectivity index (χ3n) is 3.96. The Kier molecular flexibility index (Phi) is 5.48. The Labute approximate surface area is 162 Å². The molecule has 1 aromatic carbocycles. The number of amides is 1. The molecule has 7 heteroatoms. The fourth-order valence-corrected chi connectivity index (χ4v) is 4.25. The first-order valence-electron chi connectivity index (χ1n) is 8.43. The number of fused-ring (bicyclic) bond motifs is 1. The molecule has 0 unspecified atom stereocenters. The van der Waals surface area contributed by atoms with E-state index in [1.165, 1.54) is 11.8 Å². The number of para-hydroxylation sites is 1. The van der Waals surface area contributed by atoms with Crippen LogP contribution >= 0.6 is 24.0 Å². The number of aromatic nitrogens is 1. The van der Waals surface area contributed by atoms with Crippen molar-refractivity contribution in [2.24, 2.45) is 0 Å². The number of benzene rings is 1. The first kappa shape index (κ1) is 18.7. The van der Waals surface area contributed by atoms with Gasteiger partial charge in [0.2, 0.25) is 0 Å². The normalized spacial score (nSPS) is 16.3. The van der Waals surface area contributed by atoms with E-state index in [1.807, 2.05) is 61.9 Å². The summed E-state index contributed by atoms with van der Waals surface area (Å²) in [5.74, 6) is -0.358. The molecule has 1 fully saturated rings. The maximum absolute atomic E-state index is 12.5. The topological polar surface area (TPSA) is 51.5 Å². The maximum atomic E-state index is 12.5. The number of likely N-dealkylation sites (N-methyl/N-ethyl adjacent to an activating group) is 1. The minimum Gasteiger partial charge on any atom is -0.462 e. The average molecular weight is 389 g/mol. The lowest BCUT2D eigenvalue weighted by molar-refractivity contribution is -0.148. The largest absolute Gasteiger partial charge is 0.462 e. The number of thiocarbonyl (C=S) groups is 1. The zero-order valence-electron chi connectivity index (χ0n) is 14.9. The van der Waals surface area contributed by atoms with Crippen LogP contribution in [0.15, 0.2) is 35.4 Å². The lowest BCUT2D eigenvalue weighted by Crippen LogP contribution is -2.27. The van der Waals surface area contributed by atoms with Gasteiger partial charge in [0.25, 0.3) is 5.91 Å². The Morgan fingerprint density at radius 3 is 2.73 bits per heavy atom. The molecule has 3 rings (SSSR count). The molecule has 0 saturated carbocycles. The molecule has 0 spiro atoms. The molecule has 0 N–H and O–H groups in total. The van der Waals surface area contributed by atoms with Crippen LogP contribution in [0.25, 0.3) is 17.0 Å². The second-order valence-corrected chi connectivity index (χ2v) is 7.87. The van der Waals surface area contributed by atoms with Gasteiger partial charge < -0.3 is 9.30 Å². The molecule has 1 saturated heterocycles. The Hall–Kier alpha value is -2.12. The van der Waals surface area contributed by atoms with Crippen LogP contribution in [-0.4, -0.2) is 38.3 Å². The van der Waals surface area contributed by atoms with Crippen LogP contribution in [-0.2, 0) is 20.9 Å². The van der Waals surface area contributed by atoms with Crippen molar-refractivity contribution in [3.8, 4) is 0 Å². The van der Waals surface area contributed by atoms with Crippen LogP contribution in [0.5, 0.6) is 0 Å². The van der Waals surface area contributed by atoms with Gasteiger partial charge in [-0.3, -0.25) is 14.5 Å². The van der Waals surface area contributed by atoms with E-state index in [1.54, 1.807) is 4.90 Å². The minimum absolute atomic E-state index is 0.0708. The summed E-state index contributed by atoms with van der Waals surface area (Å²) in [6, 6.07) is 7.79. The van der Waals surface area contributed by atoms with Gasteiger partial charge >= 0.3 is 5.97 Å². The van der Waals surface area contributed by atoms with Crippen molar-refractivity contribution in [1.29, 1.82) is 0 Å². The summed E-state index contributed by atoms with van der Waals surface area (Å²) in [6.07, 6.45) is 3.58. The lowest BCUT2D eigenvalue weighted by Gasteiger charge is -2.09. The van der Waals surface area contributed by atoms with Crippen LogP contribution in [0, 0.1) is 0 Å². The van der Waals surface area contributed by atoms with Crippen LogP contribution < -0.4 is 0 Å². The highest BCUT2D eigenvalue weighted by Crippen LogP contribution is 2.34. The Bertz CT molecular complexity index is 915. The molecule has 5 nitrogen and oxygen atoms in total. The van der Waals surface area contributed by atoms with Crippen LogP contribution in [0.3, 0.4) is 0 Å². The van der Waals surface area contributed by atoms with Gasteiger partial charge in [0.05, 0.1) is 11.0 Å². The van der Waals surface area contributed by atoms with E-state index in [2.05, 4.69) is 0 Å². The summed E-state index contributed by atoms with van der Waals surface area (Å²) in [7, 11) is 0. The number of carbonyl (C=O) groups is 2. The molecular formula is C19H20N2O3S2. The van der Waals surface area contributed by atoms with Gasteiger partial charge in [0, 0.05) is 29.2 Å². The Morgan fingerprint density at radius 2 is 2.08 bits per heavy atom. The number of ether oxygens (including phenoxy) is 1. The number of rotatable bonds is 5. The van der Waals surface area contributed by atoms with E-state index in [-0.39, 0.29) is 24.5 Å². The summed E-state index contributed by atoms with van der Waals surface area (Å²) in [5, 5.41) is 0.978. The first-order chi connectivity index (χ1) is 12.4. The third-order valence-corrected chi connectivity index (χ3v) is 5.34. The second kappa shape index (κ2) is 7.63. The summed E-state index contributed by atoms with van der Waals surface area (Å²) in [6.45, 7) is 6.24. The minimum atomic E-state index is -0.287. The van der Waals surface area contributed by atoms with Crippen LogP contribution in [0.1, 0.15) is 26.3 Å². The van der Waals surface area contributed by atoms with Crippen molar-refractivity contribution in [1.82, 2.24) is 9.47 Å². The summed E-state index contributed by atoms with van der Waals surface area (Å²) in [5.41, 5.74) is 1.81. The molecule has 1 aliphatic rings. The molecule has 2 aromatic rings. The molecule has 0 aliphatic carbocycles. The summed E-state index contributed by atoms with van der Waals surface area (Å²) < 4.78 is 7.68. The van der Waals surface area contributed by atoms with Gasteiger partial charge in [0.15, 0.2) is 0 Å². The molecule has 1 amide bonds. The second-order valence-electron chi connectivity index (χ2n) is 6.19. The monoisotopic (exact) mass is 388 g/mol. The smallest absolute Gasteiger partial charge is 0.326 e. The molecule has 0 bridgehead atoms. The Morgan fingerprint density at radius 1 is 1.35 bits per heavy atom. The number of carbonyl (C=O) groups excluding carboxylic acids is 2. The molecule has 1 aromatic heterocycles. The van der Waals surface area contributed by atoms with Crippen molar-refractivity contribution >= 4 is 57.2 Å². The standard InChI is InChI=1S/C19H20N2O3S2/c1-4-21-18(23)16(26-19(21)25)9-13-10-20(11-17(22)24-12(2)3)15-8-6-5-7-14(13)15/h5-10,12H,4,11H2,1-3H3/b16-9+. The highest BCUT2D eigenvalue weighted by molar-refractivity contribution is 8.26. The zero-order chi connectivity index (χ0) is 18.8. The van der Waals surface area contributed by atoms with Gasteiger partial charge in [-0.15, -0.1) is 0 Å². The number of esters is 1. The SMILES string of the molecule is CCN1C(=O)/C(=C\c2cn(CC(=O)OC(C)C)c3ccccc23)SC1=S. The highest BCUT2D eigenvalue weighted by Gasteiger charge is 2.30. The molecule has 136 valence electrons. The van der Waals surface area contributed by atoms with Gasteiger partial charge in [-0.05, 0) is 32.9 Å². The van der Waals surface area contributed by atoms with E-state index in [9.17, 15) is 9.59 Å². The van der Waals surface area contributed by atoms with E-state index in [4.69, 9.17) is 17.0 Å². The predicted molar refractivity (Wildman–Crippen MR) is 109 cm³/mol. The van der Waals surface area contributed by atoms with Crippen LogP contribution in [0.2, 0.25) is 0 Å². The maximum Gasteiger partial charge on any atom is 0.326 e. The van der Waals surface area contributed by atoms with Crippen molar-refractivity contribution in [3.63, 3.8) is 0 Å². The summed E-state index contributed by atoms with van der Waals surface area (Å²) in [4.78, 5) is 26.7. The first-order valence-corrected chi connectivity index (χ1v) is 9.66. The van der Waals surface area contributed by atoms with Gasteiger partial charge in [-0.2, -0.15) is 0 Å². The molecule has 0 atom stereocenters. The fraction of sp³-hybridized carbons (Fsp3) is 0.316.